The van der Waals surface area contributed by atoms with Crippen LogP contribution in [0, 0.1) is 0 Å². The van der Waals surface area contributed by atoms with Crippen LogP contribution in [0.4, 0.5) is 5.69 Å². The molecule has 3 rings (SSSR count). The van der Waals surface area contributed by atoms with Gasteiger partial charge in [0, 0.05) is 31.9 Å². The maximum Gasteiger partial charge on any atom is 0.287 e. The van der Waals surface area contributed by atoms with E-state index in [-0.39, 0.29) is 24.8 Å². The third kappa shape index (κ3) is 5.10. The highest BCUT2D eigenvalue weighted by Crippen LogP contribution is 2.15. The maximum absolute atomic E-state index is 12.3. The predicted octanol–water partition coefficient (Wildman–Crippen LogP) is 0.474. The second-order valence-corrected chi connectivity index (χ2v) is 6.14. The van der Waals surface area contributed by atoms with Crippen molar-refractivity contribution in [1.82, 2.24) is 15.5 Å². The quantitative estimate of drug-likeness (QED) is 0.771. The van der Waals surface area contributed by atoms with Gasteiger partial charge in [-0.25, -0.2) is 0 Å². The van der Waals surface area contributed by atoms with E-state index in [4.69, 9.17) is 4.42 Å². The van der Waals surface area contributed by atoms with Crippen molar-refractivity contribution in [1.29, 1.82) is 0 Å². The average molecular weight is 370 g/mol. The Balaban J connectivity index is 1.36. The van der Waals surface area contributed by atoms with Gasteiger partial charge in [-0.3, -0.25) is 14.4 Å². The highest BCUT2D eigenvalue weighted by molar-refractivity contribution is 5.94. The molecule has 1 saturated heterocycles. The molecule has 0 spiro atoms. The van der Waals surface area contributed by atoms with Gasteiger partial charge in [0.05, 0.1) is 19.4 Å². The van der Waals surface area contributed by atoms with Crippen LogP contribution in [0.3, 0.4) is 0 Å². The van der Waals surface area contributed by atoms with Gasteiger partial charge in [-0.1, -0.05) is 18.2 Å². The molecule has 2 N–H and O–H groups in total. The van der Waals surface area contributed by atoms with Gasteiger partial charge in [-0.15, -0.1) is 0 Å². The first kappa shape index (κ1) is 18.5. The van der Waals surface area contributed by atoms with Crippen LogP contribution < -0.4 is 15.5 Å². The van der Waals surface area contributed by atoms with Crippen molar-refractivity contribution in [2.75, 3.05) is 44.2 Å². The molecule has 0 aliphatic carbocycles. The standard InChI is InChI=1S/C19H22N4O4/c24-17(13-21-19(26)16-7-4-12-27-16)20-14-18(25)23-10-8-22(9-11-23)15-5-2-1-3-6-15/h1-7,12H,8-11,13-14H2,(H,20,24)(H,21,26). The zero-order valence-electron chi connectivity index (χ0n) is 14.9. The summed E-state index contributed by atoms with van der Waals surface area (Å²) in [5.74, 6) is -0.895. The first-order valence-corrected chi connectivity index (χ1v) is 8.79. The molecule has 1 fully saturated rings. The van der Waals surface area contributed by atoms with Gasteiger partial charge in [0.15, 0.2) is 5.76 Å². The third-order valence-electron chi connectivity index (χ3n) is 4.34. The molecule has 8 heteroatoms. The van der Waals surface area contributed by atoms with Crippen molar-refractivity contribution < 1.29 is 18.8 Å². The van der Waals surface area contributed by atoms with Gasteiger partial charge < -0.3 is 24.9 Å². The normalized spacial score (nSPS) is 13.9. The van der Waals surface area contributed by atoms with Crippen LogP contribution in [0.15, 0.2) is 53.1 Å². The molecular weight excluding hydrogens is 348 g/mol. The number of para-hydroxylation sites is 1. The lowest BCUT2D eigenvalue weighted by Crippen LogP contribution is -2.51. The average Bonchev–Trinajstić information content (AvgIpc) is 3.26. The minimum atomic E-state index is -0.474. The lowest BCUT2D eigenvalue weighted by Gasteiger charge is -2.36. The summed E-state index contributed by atoms with van der Waals surface area (Å²) in [7, 11) is 0. The summed E-state index contributed by atoms with van der Waals surface area (Å²) in [4.78, 5) is 39.7. The highest BCUT2D eigenvalue weighted by atomic mass is 16.3. The van der Waals surface area contributed by atoms with Gasteiger partial charge in [-0.05, 0) is 24.3 Å². The molecule has 142 valence electrons. The predicted molar refractivity (Wildman–Crippen MR) is 99.3 cm³/mol. The number of hydrogen-bond donors (Lipinski definition) is 2. The summed E-state index contributed by atoms with van der Waals surface area (Å²) in [6.07, 6.45) is 1.38. The number of nitrogens with one attached hydrogen (secondary N) is 2. The summed E-state index contributed by atoms with van der Waals surface area (Å²) in [6.45, 7) is 2.43. The third-order valence-corrected chi connectivity index (χ3v) is 4.34. The number of furan rings is 1. The molecule has 0 radical (unpaired) electrons. The van der Waals surface area contributed by atoms with Gasteiger partial charge in [-0.2, -0.15) is 0 Å². The molecule has 0 atom stereocenters. The fraction of sp³-hybridized carbons (Fsp3) is 0.316. The molecule has 8 nitrogen and oxygen atoms in total. The van der Waals surface area contributed by atoms with Crippen LogP contribution in [0.2, 0.25) is 0 Å². The number of carbonyl (C=O) groups excluding carboxylic acids is 3. The number of amides is 3. The lowest BCUT2D eigenvalue weighted by atomic mass is 10.2. The number of rotatable bonds is 6. The Hall–Kier alpha value is -3.29. The molecule has 2 aromatic rings. The van der Waals surface area contributed by atoms with Gasteiger partial charge in [0.2, 0.25) is 11.8 Å². The van der Waals surface area contributed by atoms with E-state index in [1.807, 2.05) is 18.2 Å². The minimum Gasteiger partial charge on any atom is -0.459 e. The summed E-state index contributed by atoms with van der Waals surface area (Å²) in [6, 6.07) is 13.2. The van der Waals surface area contributed by atoms with E-state index in [1.54, 1.807) is 11.0 Å². The van der Waals surface area contributed by atoms with Crippen molar-refractivity contribution in [2.24, 2.45) is 0 Å². The van der Waals surface area contributed by atoms with Crippen LogP contribution in [0.25, 0.3) is 0 Å². The summed E-state index contributed by atoms with van der Waals surface area (Å²) in [5, 5.41) is 4.97. The molecule has 1 aliphatic rings. The molecule has 1 aromatic carbocycles. The second kappa shape index (κ2) is 8.88. The maximum atomic E-state index is 12.3. The number of nitrogens with zero attached hydrogens (tertiary/aromatic N) is 2. The Morgan fingerprint density at radius 1 is 0.889 bits per heavy atom. The molecule has 3 amide bonds. The molecule has 1 aliphatic heterocycles. The SMILES string of the molecule is O=C(CNC(=O)c1ccco1)NCC(=O)N1CCN(c2ccccc2)CC1. The van der Waals surface area contributed by atoms with Crippen LogP contribution in [0.1, 0.15) is 10.6 Å². The second-order valence-electron chi connectivity index (χ2n) is 6.14. The van der Waals surface area contributed by atoms with E-state index in [9.17, 15) is 14.4 Å². The fourth-order valence-electron chi connectivity index (χ4n) is 2.86. The van der Waals surface area contributed by atoms with Crippen LogP contribution in [-0.4, -0.2) is 61.9 Å². The minimum absolute atomic E-state index is 0.0825. The van der Waals surface area contributed by atoms with Gasteiger partial charge >= 0.3 is 0 Å². The number of anilines is 1. The monoisotopic (exact) mass is 370 g/mol. The molecule has 2 heterocycles. The van der Waals surface area contributed by atoms with E-state index in [2.05, 4.69) is 27.7 Å². The van der Waals surface area contributed by atoms with Crippen molar-refractivity contribution in [3.8, 4) is 0 Å². The van der Waals surface area contributed by atoms with E-state index >= 15 is 0 Å². The molecule has 1 aromatic heterocycles. The summed E-state index contributed by atoms with van der Waals surface area (Å²) < 4.78 is 4.94. The van der Waals surface area contributed by atoms with E-state index in [0.29, 0.717) is 13.1 Å². The Morgan fingerprint density at radius 2 is 1.63 bits per heavy atom. The zero-order chi connectivity index (χ0) is 19.1. The molecule has 27 heavy (non-hydrogen) atoms. The molecule has 0 bridgehead atoms. The summed E-state index contributed by atoms with van der Waals surface area (Å²) >= 11 is 0. The largest absolute Gasteiger partial charge is 0.459 e. The van der Waals surface area contributed by atoms with Crippen LogP contribution >= 0.6 is 0 Å². The number of carbonyl (C=O) groups is 3. The summed E-state index contributed by atoms with van der Waals surface area (Å²) in [5.41, 5.74) is 1.14. The van der Waals surface area contributed by atoms with Crippen molar-refractivity contribution in [3.05, 3.63) is 54.5 Å². The lowest BCUT2D eigenvalue weighted by molar-refractivity contribution is -0.132. The number of hydrogen-bond acceptors (Lipinski definition) is 5. The Morgan fingerprint density at radius 3 is 2.30 bits per heavy atom. The number of benzene rings is 1. The van der Waals surface area contributed by atoms with E-state index in [0.717, 1.165) is 18.8 Å². The van der Waals surface area contributed by atoms with Crippen molar-refractivity contribution in [2.45, 2.75) is 0 Å². The highest BCUT2D eigenvalue weighted by Gasteiger charge is 2.21. The van der Waals surface area contributed by atoms with E-state index < -0.39 is 11.8 Å². The molecular formula is C19H22N4O4. The van der Waals surface area contributed by atoms with E-state index in [1.165, 1.54) is 12.3 Å². The van der Waals surface area contributed by atoms with Gasteiger partial charge in [0.1, 0.15) is 0 Å². The Kier molecular flexibility index (Phi) is 6.09. The topological polar surface area (TPSA) is 94.9 Å². The Bertz CT molecular complexity index is 768. The van der Waals surface area contributed by atoms with Crippen LogP contribution in [-0.2, 0) is 9.59 Å². The van der Waals surface area contributed by atoms with Gasteiger partial charge in [0.25, 0.3) is 5.91 Å². The van der Waals surface area contributed by atoms with Crippen molar-refractivity contribution in [3.63, 3.8) is 0 Å². The van der Waals surface area contributed by atoms with Crippen LogP contribution in [0.5, 0.6) is 0 Å². The van der Waals surface area contributed by atoms with Crippen molar-refractivity contribution >= 4 is 23.4 Å². The first-order chi connectivity index (χ1) is 13.1. The fourth-order valence-corrected chi connectivity index (χ4v) is 2.86. The first-order valence-electron chi connectivity index (χ1n) is 8.79. The Labute approximate surface area is 157 Å². The molecule has 0 saturated carbocycles. The molecule has 0 unspecified atom stereocenters. The smallest absolute Gasteiger partial charge is 0.287 e. The number of piperazine rings is 1. The zero-order valence-corrected chi connectivity index (χ0v) is 14.9.